The van der Waals surface area contributed by atoms with E-state index in [0.29, 0.717) is 5.92 Å². The number of piperidine rings is 1. The Morgan fingerprint density at radius 2 is 2.04 bits per heavy atom. The van der Waals surface area contributed by atoms with Crippen LogP contribution in [-0.4, -0.2) is 30.1 Å². The Balaban J connectivity index is 1.64. The van der Waals surface area contributed by atoms with Crippen LogP contribution in [0.2, 0.25) is 0 Å². The second-order valence-corrected chi connectivity index (χ2v) is 5.67. The topological polar surface area (TPSA) is 68.5 Å². The highest BCUT2D eigenvalue weighted by molar-refractivity contribution is 5.43. The maximum absolute atomic E-state index is 10.7. The third-order valence-electron chi connectivity index (χ3n) is 4.33. The number of hydrogen-bond acceptors (Lipinski definition) is 5. The number of methoxy groups -OCH3 is 1. The maximum Gasteiger partial charge on any atom is 0.287 e. The molecule has 1 saturated heterocycles. The van der Waals surface area contributed by atoms with Crippen LogP contribution in [-0.2, 0) is 0 Å². The lowest BCUT2D eigenvalue weighted by Crippen LogP contribution is -2.33. The Bertz CT molecular complexity index is 680. The van der Waals surface area contributed by atoms with Gasteiger partial charge in [0.1, 0.15) is 17.8 Å². The minimum Gasteiger partial charge on any atom is -0.497 e. The molecule has 0 N–H and O–H groups in total. The molecule has 1 aliphatic rings. The Kier molecular flexibility index (Phi) is 4.41. The van der Waals surface area contributed by atoms with Gasteiger partial charge < -0.3 is 9.64 Å². The molecule has 6 nitrogen and oxygen atoms in total. The smallest absolute Gasteiger partial charge is 0.287 e. The zero-order valence-electron chi connectivity index (χ0n) is 13.0. The molecule has 1 aromatic carbocycles. The lowest BCUT2D eigenvalue weighted by Gasteiger charge is -2.33. The number of pyridine rings is 1. The minimum atomic E-state index is -0.425. The summed E-state index contributed by atoms with van der Waals surface area (Å²) < 4.78 is 5.29. The van der Waals surface area contributed by atoms with Gasteiger partial charge in [-0.2, -0.15) is 0 Å². The summed E-state index contributed by atoms with van der Waals surface area (Å²) in [7, 11) is 1.68. The fraction of sp³-hybridized carbons (Fsp3) is 0.353. The second kappa shape index (κ2) is 6.64. The van der Waals surface area contributed by atoms with Crippen LogP contribution in [0.25, 0.3) is 0 Å². The van der Waals surface area contributed by atoms with Crippen molar-refractivity contribution in [2.75, 3.05) is 25.1 Å². The summed E-state index contributed by atoms with van der Waals surface area (Å²) in [6, 6.07) is 11.5. The van der Waals surface area contributed by atoms with E-state index in [9.17, 15) is 10.1 Å². The van der Waals surface area contributed by atoms with Gasteiger partial charge in [-0.3, -0.25) is 10.1 Å². The fourth-order valence-electron chi connectivity index (χ4n) is 3.01. The molecule has 1 fully saturated rings. The highest BCUT2D eigenvalue weighted by Gasteiger charge is 2.22. The van der Waals surface area contributed by atoms with Crippen LogP contribution in [0.15, 0.2) is 42.6 Å². The first-order chi connectivity index (χ1) is 11.2. The van der Waals surface area contributed by atoms with E-state index >= 15 is 0 Å². The van der Waals surface area contributed by atoms with Crippen molar-refractivity contribution in [2.24, 2.45) is 0 Å². The number of ether oxygens (including phenoxy) is 1. The first-order valence-electron chi connectivity index (χ1n) is 7.66. The standard InChI is InChI=1S/C17H19N3O3/c1-23-16-4-2-3-14(11-16)13-7-9-19(10-8-13)17-6-5-15(12-18-17)20(21)22/h2-6,11-13H,7-10H2,1H3. The predicted octanol–water partition coefficient (Wildman–Crippen LogP) is 3.38. The Labute approximate surface area is 134 Å². The monoisotopic (exact) mass is 313 g/mol. The highest BCUT2D eigenvalue weighted by atomic mass is 16.6. The molecule has 1 aliphatic heterocycles. The van der Waals surface area contributed by atoms with Crippen LogP contribution in [0.3, 0.4) is 0 Å². The molecule has 2 heterocycles. The van der Waals surface area contributed by atoms with Gasteiger partial charge in [-0.25, -0.2) is 4.98 Å². The summed E-state index contributed by atoms with van der Waals surface area (Å²) in [6.45, 7) is 1.79. The van der Waals surface area contributed by atoms with Crippen molar-refractivity contribution < 1.29 is 9.66 Å². The lowest BCUT2D eigenvalue weighted by atomic mass is 9.89. The zero-order valence-corrected chi connectivity index (χ0v) is 13.0. The van der Waals surface area contributed by atoms with Gasteiger partial charge in [0.2, 0.25) is 0 Å². The van der Waals surface area contributed by atoms with Gasteiger partial charge in [-0.15, -0.1) is 0 Å². The van der Waals surface area contributed by atoms with Crippen molar-refractivity contribution >= 4 is 11.5 Å². The average Bonchev–Trinajstić information content (AvgIpc) is 2.62. The highest BCUT2D eigenvalue weighted by Crippen LogP contribution is 2.31. The molecule has 0 bridgehead atoms. The number of nitro groups is 1. The third-order valence-corrected chi connectivity index (χ3v) is 4.33. The van der Waals surface area contributed by atoms with E-state index < -0.39 is 4.92 Å². The quantitative estimate of drug-likeness (QED) is 0.639. The normalized spacial score (nSPS) is 15.4. The molecule has 0 atom stereocenters. The molecule has 2 aromatic rings. The molecule has 0 saturated carbocycles. The largest absolute Gasteiger partial charge is 0.497 e. The molecular formula is C17H19N3O3. The van der Waals surface area contributed by atoms with E-state index in [1.54, 1.807) is 13.2 Å². The molecule has 0 unspecified atom stereocenters. The zero-order chi connectivity index (χ0) is 16.2. The predicted molar refractivity (Wildman–Crippen MR) is 88.1 cm³/mol. The van der Waals surface area contributed by atoms with Crippen LogP contribution in [0.1, 0.15) is 24.3 Å². The second-order valence-electron chi connectivity index (χ2n) is 5.67. The van der Waals surface area contributed by atoms with Crippen molar-refractivity contribution in [3.8, 4) is 5.75 Å². The van der Waals surface area contributed by atoms with Crippen molar-refractivity contribution in [1.29, 1.82) is 0 Å². The van der Waals surface area contributed by atoms with Gasteiger partial charge in [0.25, 0.3) is 5.69 Å². The third kappa shape index (κ3) is 3.41. The lowest BCUT2D eigenvalue weighted by molar-refractivity contribution is -0.385. The van der Waals surface area contributed by atoms with Crippen LogP contribution in [0, 0.1) is 10.1 Å². The van der Waals surface area contributed by atoms with Crippen LogP contribution in [0.5, 0.6) is 5.75 Å². The van der Waals surface area contributed by atoms with E-state index in [0.717, 1.165) is 37.5 Å². The van der Waals surface area contributed by atoms with E-state index in [1.165, 1.54) is 17.8 Å². The SMILES string of the molecule is COc1cccc(C2CCN(c3ccc([N+](=O)[O-])cn3)CC2)c1. The van der Waals surface area contributed by atoms with E-state index in [4.69, 9.17) is 4.74 Å². The van der Waals surface area contributed by atoms with Crippen molar-refractivity contribution in [3.63, 3.8) is 0 Å². The average molecular weight is 313 g/mol. The molecular weight excluding hydrogens is 294 g/mol. The van der Waals surface area contributed by atoms with Crippen LogP contribution in [0.4, 0.5) is 11.5 Å². The molecule has 0 spiro atoms. The Morgan fingerprint density at radius 3 is 2.65 bits per heavy atom. The molecule has 0 aliphatic carbocycles. The summed E-state index contributed by atoms with van der Waals surface area (Å²) >= 11 is 0. The van der Waals surface area contributed by atoms with E-state index in [1.807, 2.05) is 12.1 Å². The molecule has 1 aromatic heterocycles. The van der Waals surface area contributed by atoms with Gasteiger partial charge in [0.15, 0.2) is 0 Å². The summed E-state index contributed by atoms with van der Waals surface area (Å²) in [4.78, 5) is 16.7. The van der Waals surface area contributed by atoms with Crippen LogP contribution >= 0.6 is 0 Å². The molecule has 3 rings (SSSR count). The molecule has 23 heavy (non-hydrogen) atoms. The number of nitrogens with zero attached hydrogens (tertiary/aromatic N) is 3. The van der Waals surface area contributed by atoms with Crippen molar-refractivity contribution in [1.82, 2.24) is 4.98 Å². The molecule has 0 radical (unpaired) electrons. The Hall–Kier alpha value is -2.63. The van der Waals surface area contributed by atoms with E-state index in [-0.39, 0.29) is 5.69 Å². The summed E-state index contributed by atoms with van der Waals surface area (Å²) in [5.41, 5.74) is 1.33. The van der Waals surface area contributed by atoms with Gasteiger partial charge >= 0.3 is 0 Å². The van der Waals surface area contributed by atoms with Gasteiger partial charge in [0, 0.05) is 19.2 Å². The van der Waals surface area contributed by atoms with Crippen molar-refractivity contribution in [2.45, 2.75) is 18.8 Å². The van der Waals surface area contributed by atoms with Gasteiger partial charge in [-0.1, -0.05) is 12.1 Å². The number of rotatable bonds is 4. The fourth-order valence-corrected chi connectivity index (χ4v) is 3.01. The summed E-state index contributed by atoms with van der Waals surface area (Å²) in [6.07, 6.45) is 3.39. The molecule has 0 amide bonds. The maximum atomic E-state index is 10.7. The number of aromatic nitrogens is 1. The first kappa shape index (κ1) is 15.3. The number of anilines is 1. The number of hydrogen-bond donors (Lipinski definition) is 0. The Morgan fingerprint density at radius 1 is 1.26 bits per heavy atom. The van der Waals surface area contributed by atoms with Gasteiger partial charge in [-0.05, 0) is 42.5 Å². The van der Waals surface area contributed by atoms with Gasteiger partial charge in [0.05, 0.1) is 12.0 Å². The summed E-state index contributed by atoms with van der Waals surface area (Å²) in [5.74, 6) is 2.21. The minimum absolute atomic E-state index is 0.0278. The molecule has 6 heteroatoms. The van der Waals surface area contributed by atoms with Crippen LogP contribution < -0.4 is 9.64 Å². The first-order valence-corrected chi connectivity index (χ1v) is 7.66. The summed E-state index contributed by atoms with van der Waals surface area (Å²) in [5, 5.41) is 10.7. The molecule has 120 valence electrons. The van der Waals surface area contributed by atoms with Crippen molar-refractivity contribution in [3.05, 3.63) is 58.3 Å². The number of benzene rings is 1. The van der Waals surface area contributed by atoms with E-state index in [2.05, 4.69) is 22.0 Å².